The molecule has 3 rings (SSSR count). The number of rotatable bonds is 3. The Hall–Kier alpha value is -1.85. The maximum atomic E-state index is 12.5. The van der Waals surface area contributed by atoms with E-state index < -0.39 is 0 Å². The summed E-state index contributed by atoms with van der Waals surface area (Å²) in [6, 6.07) is 10.3. The topological polar surface area (TPSA) is 59.0 Å². The molecular weight excluding hydrogens is 312 g/mol. The highest BCUT2D eigenvalue weighted by atomic mass is 35.5. The highest BCUT2D eigenvalue weighted by Gasteiger charge is 2.25. The van der Waals surface area contributed by atoms with E-state index in [1.165, 1.54) is 0 Å². The van der Waals surface area contributed by atoms with E-state index in [0.717, 1.165) is 36.5 Å². The van der Waals surface area contributed by atoms with E-state index in [1.807, 2.05) is 37.3 Å². The summed E-state index contributed by atoms with van der Waals surface area (Å²) < 4.78 is 1.79. The molecule has 0 saturated carbocycles. The highest BCUT2D eigenvalue weighted by molar-refractivity contribution is 5.92. The molecule has 1 aromatic heterocycles. The van der Waals surface area contributed by atoms with Gasteiger partial charge in [-0.15, -0.1) is 12.4 Å². The van der Waals surface area contributed by atoms with Gasteiger partial charge in [0.25, 0.3) is 0 Å². The van der Waals surface area contributed by atoms with Crippen molar-refractivity contribution in [2.24, 2.45) is 5.92 Å². The molecule has 2 heterocycles. The van der Waals surface area contributed by atoms with Gasteiger partial charge in [-0.1, -0.05) is 18.2 Å². The van der Waals surface area contributed by atoms with Crippen LogP contribution >= 0.6 is 12.4 Å². The van der Waals surface area contributed by atoms with Crippen molar-refractivity contribution in [3.05, 3.63) is 42.1 Å². The second-order valence-electron chi connectivity index (χ2n) is 5.98. The van der Waals surface area contributed by atoms with Gasteiger partial charge in [-0.3, -0.25) is 4.79 Å². The van der Waals surface area contributed by atoms with Gasteiger partial charge in [-0.05, 0) is 44.9 Å². The predicted octanol–water partition coefficient (Wildman–Crippen LogP) is 2.93. The Morgan fingerprint density at radius 1 is 1.35 bits per heavy atom. The number of piperidine rings is 1. The van der Waals surface area contributed by atoms with Gasteiger partial charge in [0.2, 0.25) is 5.91 Å². The molecule has 23 heavy (non-hydrogen) atoms. The summed E-state index contributed by atoms with van der Waals surface area (Å²) in [5.74, 6) is 0.880. The number of para-hydroxylation sites is 1. The third kappa shape index (κ3) is 3.92. The average molecular weight is 335 g/mol. The maximum absolute atomic E-state index is 12.5. The normalized spacial score (nSPS) is 20.6. The van der Waals surface area contributed by atoms with E-state index in [-0.39, 0.29) is 24.2 Å². The molecule has 1 aromatic carbocycles. The lowest BCUT2D eigenvalue weighted by Crippen LogP contribution is -2.40. The van der Waals surface area contributed by atoms with E-state index >= 15 is 0 Å². The molecule has 2 aromatic rings. The zero-order valence-corrected chi connectivity index (χ0v) is 14.3. The Morgan fingerprint density at radius 2 is 2.13 bits per heavy atom. The Balaban J connectivity index is 0.00000192. The number of aryl methyl sites for hydroxylation is 1. The number of carbonyl (C=O) groups excluding carboxylic acids is 1. The van der Waals surface area contributed by atoms with Crippen LogP contribution in [0.1, 0.15) is 25.3 Å². The van der Waals surface area contributed by atoms with E-state index in [9.17, 15) is 4.79 Å². The van der Waals surface area contributed by atoms with Crippen LogP contribution in [0.3, 0.4) is 0 Å². The average Bonchev–Trinajstić information content (AvgIpc) is 2.95. The number of amides is 1. The van der Waals surface area contributed by atoms with Crippen molar-refractivity contribution in [2.45, 2.75) is 32.7 Å². The predicted molar refractivity (Wildman–Crippen MR) is 94.4 cm³/mol. The van der Waals surface area contributed by atoms with Crippen molar-refractivity contribution in [3.63, 3.8) is 0 Å². The Labute approximate surface area is 142 Å². The van der Waals surface area contributed by atoms with Crippen molar-refractivity contribution >= 4 is 24.1 Å². The highest BCUT2D eigenvalue weighted by Crippen LogP contribution is 2.21. The molecule has 5 nitrogen and oxygen atoms in total. The van der Waals surface area contributed by atoms with Crippen molar-refractivity contribution in [3.8, 4) is 5.69 Å². The number of hydrogen-bond acceptors (Lipinski definition) is 3. The van der Waals surface area contributed by atoms with E-state index in [1.54, 1.807) is 10.9 Å². The van der Waals surface area contributed by atoms with Crippen LogP contribution in [0.2, 0.25) is 0 Å². The van der Waals surface area contributed by atoms with E-state index in [2.05, 4.69) is 22.7 Å². The number of carbonyl (C=O) groups is 1. The quantitative estimate of drug-likeness (QED) is 0.907. The first kappa shape index (κ1) is 17.5. The van der Waals surface area contributed by atoms with Gasteiger partial charge in [-0.25, -0.2) is 4.68 Å². The molecule has 2 atom stereocenters. The van der Waals surface area contributed by atoms with E-state index in [4.69, 9.17) is 0 Å². The van der Waals surface area contributed by atoms with Crippen LogP contribution in [0.5, 0.6) is 0 Å². The maximum Gasteiger partial charge on any atom is 0.228 e. The van der Waals surface area contributed by atoms with Crippen molar-refractivity contribution < 1.29 is 4.79 Å². The van der Waals surface area contributed by atoms with Crippen LogP contribution in [0, 0.1) is 12.8 Å². The number of aromatic nitrogens is 2. The molecule has 1 amide bonds. The molecule has 0 bridgehead atoms. The van der Waals surface area contributed by atoms with Gasteiger partial charge in [0, 0.05) is 18.0 Å². The van der Waals surface area contributed by atoms with Gasteiger partial charge in [0.1, 0.15) is 5.82 Å². The Morgan fingerprint density at radius 3 is 2.87 bits per heavy atom. The smallest absolute Gasteiger partial charge is 0.228 e. The first-order chi connectivity index (χ1) is 10.6. The number of halogens is 1. The van der Waals surface area contributed by atoms with Crippen LogP contribution in [-0.4, -0.2) is 28.3 Å². The standard InChI is InChI=1S/C17H22N4O.ClH/c1-12-5-3-4-6-15(12)21-16(8-10-19-21)20-17(22)14-7-9-18-13(2)11-14;/h3-6,8,10,13-14,18H,7,9,11H2,1-2H3,(H,20,22);1H/t13-,14-;/m0./s1. The van der Waals surface area contributed by atoms with Crippen LogP contribution in [0.25, 0.3) is 5.69 Å². The second-order valence-corrected chi connectivity index (χ2v) is 5.98. The molecule has 0 unspecified atom stereocenters. The Bertz CT molecular complexity index is 670. The first-order valence-electron chi connectivity index (χ1n) is 7.79. The zero-order chi connectivity index (χ0) is 15.5. The molecule has 2 N–H and O–H groups in total. The molecule has 1 saturated heterocycles. The van der Waals surface area contributed by atoms with Gasteiger partial charge in [0.15, 0.2) is 0 Å². The third-order valence-corrected chi connectivity index (χ3v) is 4.23. The van der Waals surface area contributed by atoms with Crippen molar-refractivity contribution in [1.29, 1.82) is 0 Å². The summed E-state index contributed by atoms with van der Waals surface area (Å²) in [5.41, 5.74) is 2.11. The molecule has 1 aliphatic rings. The number of anilines is 1. The second kappa shape index (κ2) is 7.62. The Kier molecular flexibility index (Phi) is 5.80. The number of nitrogens with one attached hydrogen (secondary N) is 2. The molecule has 0 spiro atoms. The summed E-state index contributed by atoms with van der Waals surface area (Å²) in [6.45, 7) is 5.06. The number of benzene rings is 1. The van der Waals surface area contributed by atoms with Crippen LogP contribution < -0.4 is 10.6 Å². The monoisotopic (exact) mass is 334 g/mol. The molecule has 0 radical (unpaired) electrons. The summed E-state index contributed by atoms with van der Waals surface area (Å²) in [7, 11) is 0. The molecule has 1 aliphatic heterocycles. The zero-order valence-electron chi connectivity index (χ0n) is 13.5. The SMILES string of the molecule is Cc1ccccc1-n1nccc1NC(=O)[C@H]1CCN[C@@H](C)C1.Cl. The van der Waals surface area contributed by atoms with Gasteiger partial charge in [0.05, 0.1) is 11.9 Å². The summed E-state index contributed by atoms with van der Waals surface area (Å²) in [4.78, 5) is 12.5. The lowest BCUT2D eigenvalue weighted by molar-refractivity contribution is -0.120. The lowest BCUT2D eigenvalue weighted by Gasteiger charge is -2.27. The fraction of sp³-hybridized carbons (Fsp3) is 0.412. The van der Waals surface area contributed by atoms with Crippen LogP contribution in [0.15, 0.2) is 36.5 Å². The van der Waals surface area contributed by atoms with Gasteiger partial charge < -0.3 is 10.6 Å². The molecular formula is C17H23ClN4O. The molecule has 0 aliphatic carbocycles. The minimum absolute atomic E-state index is 0. The summed E-state index contributed by atoms with van der Waals surface area (Å²) in [6.07, 6.45) is 3.48. The van der Waals surface area contributed by atoms with Crippen LogP contribution in [-0.2, 0) is 4.79 Å². The number of hydrogen-bond donors (Lipinski definition) is 2. The fourth-order valence-electron chi connectivity index (χ4n) is 2.99. The first-order valence-corrected chi connectivity index (χ1v) is 7.79. The summed E-state index contributed by atoms with van der Waals surface area (Å²) in [5, 5.41) is 10.8. The fourth-order valence-corrected chi connectivity index (χ4v) is 2.99. The molecule has 1 fully saturated rings. The minimum Gasteiger partial charge on any atom is -0.314 e. The van der Waals surface area contributed by atoms with Gasteiger partial charge >= 0.3 is 0 Å². The largest absolute Gasteiger partial charge is 0.314 e. The van der Waals surface area contributed by atoms with Gasteiger partial charge in [-0.2, -0.15) is 5.10 Å². The lowest BCUT2D eigenvalue weighted by atomic mass is 9.92. The van der Waals surface area contributed by atoms with Crippen molar-refractivity contribution in [2.75, 3.05) is 11.9 Å². The summed E-state index contributed by atoms with van der Waals surface area (Å²) >= 11 is 0. The van der Waals surface area contributed by atoms with Crippen molar-refractivity contribution in [1.82, 2.24) is 15.1 Å². The molecule has 6 heteroatoms. The van der Waals surface area contributed by atoms with E-state index in [0.29, 0.717) is 6.04 Å². The number of nitrogens with zero attached hydrogens (tertiary/aromatic N) is 2. The minimum atomic E-state index is 0. The molecule has 124 valence electrons. The van der Waals surface area contributed by atoms with Crippen LogP contribution in [0.4, 0.5) is 5.82 Å². The third-order valence-electron chi connectivity index (χ3n) is 4.23.